The highest BCUT2D eigenvalue weighted by atomic mass is 16.7. The van der Waals surface area contributed by atoms with Crippen molar-refractivity contribution in [1.82, 2.24) is 4.90 Å². The van der Waals surface area contributed by atoms with Crippen molar-refractivity contribution in [1.29, 1.82) is 0 Å². The lowest BCUT2D eigenvalue weighted by molar-refractivity contribution is -0.301. The molecular formula is C16H22N2O4. The Bertz CT molecular complexity index is 538. The van der Waals surface area contributed by atoms with Crippen molar-refractivity contribution >= 4 is 11.7 Å². The van der Waals surface area contributed by atoms with Gasteiger partial charge in [0.05, 0.1) is 25.7 Å². The van der Waals surface area contributed by atoms with Gasteiger partial charge in [-0.15, -0.1) is 0 Å². The minimum absolute atomic E-state index is 0.0488. The Kier molecular flexibility index (Phi) is 3.74. The van der Waals surface area contributed by atoms with Crippen molar-refractivity contribution in [3.05, 3.63) is 24.3 Å². The highest BCUT2D eigenvalue weighted by Crippen LogP contribution is 2.37. The van der Waals surface area contributed by atoms with E-state index in [2.05, 4.69) is 5.32 Å². The number of carbonyl (C=O) groups is 1. The first-order valence-corrected chi connectivity index (χ1v) is 7.39. The first-order valence-electron chi connectivity index (χ1n) is 7.39. The lowest BCUT2D eigenvalue weighted by Crippen LogP contribution is -2.66. The molecule has 2 fully saturated rings. The molecule has 22 heavy (non-hydrogen) atoms. The summed E-state index contributed by atoms with van der Waals surface area (Å²) in [5, 5.41) is 2.88. The Morgan fingerprint density at radius 3 is 2.32 bits per heavy atom. The molecule has 0 radical (unpaired) electrons. The summed E-state index contributed by atoms with van der Waals surface area (Å²) in [4.78, 5) is 14.0. The fourth-order valence-electron chi connectivity index (χ4n) is 2.70. The van der Waals surface area contributed by atoms with Crippen LogP contribution in [-0.2, 0) is 9.47 Å². The Labute approximate surface area is 130 Å². The monoisotopic (exact) mass is 306 g/mol. The Balaban J connectivity index is 1.51. The molecule has 0 atom stereocenters. The number of urea groups is 1. The molecular weight excluding hydrogens is 284 g/mol. The summed E-state index contributed by atoms with van der Waals surface area (Å²) < 4.78 is 16.5. The standard InChI is InChI=1S/C16H22N2O4/c1-15(2)21-10-16(11-22-15)8-18(9-16)14(19)17-12-4-6-13(20-3)7-5-12/h4-7H,8-11H2,1-3H3,(H,17,19). The van der Waals surface area contributed by atoms with Crippen LogP contribution in [0.3, 0.4) is 0 Å². The van der Waals surface area contributed by atoms with Crippen LogP contribution in [0.5, 0.6) is 5.75 Å². The number of hydrogen-bond acceptors (Lipinski definition) is 4. The molecule has 6 nitrogen and oxygen atoms in total. The van der Waals surface area contributed by atoms with Crippen LogP contribution in [0.15, 0.2) is 24.3 Å². The van der Waals surface area contributed by atoms with Crippen LogP contribution in [0.2, 0.25) is 0 Å². The van der Waals surface area contributed by atoms with E-state index in [1.807, 2.05) is 38.1 Å². The van der Waals surface area contributed by atoms with Gasteiger partial charge < -0.3 is 24.4 Å². The molecule has 2 saturated heterocycles. The molecule has 1 aromatic carbocycles. The van der Waals surface area contributed by atoms with E-state index in [0.29, 0.717) is 26.3 Å². The Hall–Kier alpha value is -1.79. The molecule has 2 aliphatic heterocycles. The number of nitrogens with zero attached hydrogens (tertiary/aromatic N) is 1. The zero-order valence-electron chi connectivity index (χ0n) is 13.2. The van der Waals surface area contributed by atoms with Crippen molar-refractivity contribution in [2.45, 2.75) is 19.6 Å². The molecule has 0 aromatic heterocycles. The van der Waals surface area contributed by atoms with Gasteiger partial charge in [-0.05, 0) is 38.1 Å². The SMILES string of the molecule is COc1ccc(NC(=O)N2CC3(COC(C)(C)OC3)C2)cc1. The van der Waals surface area contributed by atoms with E-state index in [1.54, 1.807) is 12.0 Å². The van der Waals surface area contributed by atoms with Gasteiger partial charge in [-0.2, -0.15) is 0 Å². The fourth-order valence-corrected chi connectivity index (χ4v) is 2.70. The third-order valence-corrected chi connectivity index (χ3v) is 4.13. The zero-order valence-corrected chi connectivity index (χ0v) is 13.2. The van der Waals surface area contributed by atoms with E-state index < -0.39 is 5.79 Å². The summed E-state index contributed by atoms with van der Waals surface area (Å²) in [5.74, 6) is 0.247. The lowest BCUT2D eigenvalue weighted by Gasteiger charge is -2.53. The summed E-state index contributed by atoms with van der Waals surface area (Å²) in [6, 6.07) is 7.18. The van der Waals surface area contributed by atoms with E-state index in [1.165, 1.54) is 0 Å². The predicted molar refractivity (Wildman–Crippen MR) is 82.0 cm³/mol. The molecule has 0 unspecified atom stereocenters. The smallest absolute Gasteiger partial charge is 0.321 e. The first-order chi connectivity index (χ1) is 10.4. The maximum Gasteiger partial charge on any atom is 0.321 e. The van der Waals surface area contributed by atoms with E-state index in [-0.39, 0.29) is 11.4 Å². The number of hydrogen-bond donors (Lipinski definition) is 1. The summed E-state index contributed by atoms with van der Waals surface area (Å²) in [7, 11) is 1.61. The van der Waals surface area contributed by atoms with Gasteiger partial charge in [-0.1, -0.05) is 0 Å². The lowest BCUT2D eigenvalue weighted by atomic mass is 9.81. The Morgan fingerprint density at radius 2 is 1.77 bits per heavy atom. The van der Waals surface area contributed by atoms with Gasteiger partial charge in [-0.25, -0.2) is 4.79 Å². The maximum atomic E-state index is 12.2. The third kappa shape index (κ3) is 3.03. The van der Waals surface area contributed by atoms with Crippen LogP contribution in [-0.4, -0.2) is 50.1 Å². The van der Waals surface area contributed by atoms with E-state index in [4.69, 9.17) is 14.2 Å². The van der Waals surface area contributed by atoms with Crippen molar-refractivity contribution in [2.24, 2.45) is 5.41 Å². The highest BCUT2D eigenvalue weighted by molar-refractivity contribution is 5.90. The molecule has 2 amide bonds. The number of rotatable bonds is 2. The van der Waals surface area contributed by atoms with E-state index in [9.17, 15) is 4.79 Å². The largest absolute Gasteiger partial charge is 0.497 e. The van der Waals surface area contributed by atoms with Gasteiger partial charge in [0.25, 0.3) is 0 Å². The number of anilines is 1. The predicted octanol–water partition coefficient (Wildman–Crippen LogP) is 2.31. The topological polar surface area (TPSA) is 60.0 Å². The molecule has 3 rings (SSSR count). The first kappa shape index (κ1) is 15.1. The third-order valence-electron chi connectivity index (χ3n) is 4.13. The van der Waals surface area contributed by atoms with Crippen molar-refractivity contribution in [2.75, 3.05) is 38.7 Å². The van der Waals surface area contributed by atoms with Gasteiger partial charge in [0.15, 0.2) is 5.79 Å². The molecule has 120 valence electrons. The minimum atomic E-state index is -0.517. The quantitative estimate of drug-likeness (QED) is 0.911. The molecule has 1 spiro atoms. The normalized spacial score (nSPS) is 22.0. The average Bonchev–Trinajstić information content (AvgIpc) is 2.46. The molecule has 0 bridgehead atoms. The minimum Gasteiger partial charge on any atom is -0.497 e. The number of benzene rings is 1. The maximum absolute atomic E-state index is 12.2. The number of likely N-dealkylation sites (tertiary alicyclic amines) is 1. The van der Waals surface area contributed by atoms with Crippen molar-refractivity contribution in [3.8, 4) is 5.75 Å². The average molecular weight is 306 g/mol. The van der Waals surface area contributed by atoms with Crippen LogP contribution in [0, 0.1) is 5.41 Å². The van der Waals surface area contributed by atoms with Gasteiger partial charge in [0.1, 0.15) is 5.75 Å². The molecule has 1 N–H and O–H groups in total. The molecule has 0 saturated carbocycles. The highest BCUT2D eigenvalue weighted by Gasteiger charge is 2.50. The summed E-state index contributed by atoms with van der Waals surface area (Å²) >= 11 is 0. The molecule has 1 aromatic rings. The number of methoxy groups -OCH3 is 1. The second-order valence-corrected chi connectivity index (χ2v) is 6.49. The number of nitrogens with one attached hydrogen (secondary N) is 1. The summed E-state index contributed by atoms with van der Waals surface area (Å²) in [6.07, 6.45) is 0. The van der Waals surface area contributed by atoms with Crippen LogP contribution < -0.4 is 10.1 Å². The summed E-state index contributed by atoms with van der Waals surface area (Å²) in [5.41, 5.74) is 0.705. The van der Waals surface area contributed by atoms with Gasteiger partial charge >= 0.3 is 6.03 Å². The Morgan fingerprint density at radius 1 is 1.18 bits per heavy atom. The number of amides is 2. The van der Waals surface area contributed by atoms with E-state index >= 15 is 0 Å². The van der Waals surface area contributed by atoms with Crippen molar-refractivity contribution < 1.29 is 19.0 Å². The molecule has 6 heteroatoms. The molecule has 2 heterocycles. The van der Waals surface area contributed by atoms with Gasteiger partial charge in [0, 0.05) is 18.8 Å². The van der Waals surface area contributed by atoms with Crippen molar-refractivity contribution in [3.63, 3.8) is 0 Å². The second-order valence-electron chi connectivity index (χ2n) is 6.49. The molecule has 2 aliphatic rings. The fraction of sp³-hybridized carbons (Fsp3) is 0.562. The number of carbonyl (C=O) groups excluding carboxylic acids is 1. The summed E-state index contributed by atoms with van der Waals surface area (Å²) in [6.45, 7) is 6.40. The number of ether oxygens (including phenoxy) is 3. The van der Waals surface area contributed by atoms with Gasteiger partial charge in [0.2, 0.25) is 0 Å². The van der Waals surface area contributed by atoms with Crippen LogP contribution in [0.25, 0.3) is 0 Å². The zero-order chi connectivity index (χ0) is 15.8. The van der Waals surface area contributed by atoms with E-state index in [0.717, 1.165) is 11.4 Å². The second kappa shape index (κ2) is 5.44. The van der Waals surface area contributed by atoms with Crippen LogP contribution >= 0.6 is 0 Å². The molecule has 0 aliphatic carbocycles. The van der Waals surface area contributed by atoms with Crippen LogP contribution in [0.4, 0.5) is 10.5 Å². The van der Waals surface area contributed by atoms with Crippen LogP contribution in [0.1, 0.15) is 13.8 Å². The van der Waals surface area contributed by atoms with Gasteiger partial charge in [-0.3, -0.25) is 0 Å².